The Labute approximate surface area is 168 Å². The van der Waals surface area contributed by atoms with E-state index in [1.54, 1.807) is 24.3 Å². The van der Waals surface area contributed by atoms with Gasteiger partial charge in [-0.2, -0.15) is 18.3 Å². The van der Waals surface area contributed by atoms with Crippen molar-refractivity contribution in [2.75, 3.05) is 6.61 Å². The fraction of sp³-hybridized carbons (Fsp3) is 0.100. The third-order valence-electron chi connectivity index (χ3n) is 3.65. The zero-order valence-electron chi connectivity index (χ0n) is 14.7. The summed E-state index contributed by atoms with van der Waals surface area (Å²) in [4.78, 5) is 11.7. The van der Waals surface area contributed by atoms with E-state index >= 15 is 0 Å². The highest BCUT2D eigenvalue weighted by Gasteiger charge is 2.30. The average molecular weight is 423 g/mol. The fourth-order valence-electron chi connectivity index (χ4n) is 2.33. The van der Waals surface area contributed by atoms with E-state index in [1.807, 2.05) is 0 Å². The van der Waals surface area contributed by atoms with E-state index in [0.717, 1.165) is 12.1 Å². The third kappa shape index (κ3) is 5.86. The van der Waals surface area contributed by atoms with Crippen molar-refractivity contribution in [3.05, 3.63) is 77.0 Å². The minimum absolute atomic E-state index is 0.244. The Morgan fingerprint density at radius 1 is 1.14 bits per heavy atom. The van der Waals surface area contributed by atoms with Gasteiger partial charge in [-0.1, -0.05) is 29.8 Å². The Bertz CT molecular complexity index is 1030. The van der Waals surface area contributed by atoms with Crippen molar-refractivity contribution in [1.29, 1.82) is 0 Å². The third-order valence-corrected chi connectivity index (χ3v) is 3.88. The summed E-state index contributed by atoms with van der Waals surface area (Å²) in [6.45, 7) is -0.272. The molecule has 0 fully saturated rings. The van der Waals surface area contributed by atoms with Crippen LogP contribution in [0, 0.1) is 0 Å². The molecule has 0 aliphatic carbocycles. The van der Waals surface area contributed by atoms with Crippen molar-refractivity contribution >= 4 is 23.7 Å². The molecule has 2 aromatic carbocycles. The quantitative estimate of drug-likeness (QED) is 0.441. The number of alkyl halides is 3. The van der Waals surface area contributed by atoms with Gasteiger partial charge in [0.25, 0.3) is 5.91 Å². The molecule has 1 heterocycles. The molecule has 3 rings (SSSR count). The Kier molecular flexibility index (Phi) is 6.23. The van der Waals surface area contributed by atoms with Gasteiger partial charge in [-0.25, -0.2) is 5.43 Å². The summed E-state index contributed by atoms with van der Waals surface area (Å²) in [5, 5.41) is 4.21. The molecular formula is C20H14ClF3N2O3. The highest BCUT2D eigenvalue weighted by Crippen LogP contribution is 2.32. The smallest absolute Gasteiger partial charge is 0.416 e. The standard InChI is InChI=1S/C20H14ClF3N2O3/c21-15-5-2-6-16(10-15)28-12-19(27)26-25-11-17-7-8-18(29-17)13-3-1-4-14(9-13)20(22,23)24/h1-11H,12H2,(H,26,27)/b25-11+. The van der Waals surface area contributed by atoms with Crippen molar-refractivity contribution in [3.8, 4) is 17.1 Å². The van der Waals surface area contributed by atoms with Gasteiger partial charge in [0.1, 0.15) is 17.3 Å². The first-order valence-corrected chi connectivity index (χ1v) is 8.67. The van der Waals surface area contributed by atoms with Gasteiger partial charge in [-0.15, -0.1) is 0 Å². The van der Waals surface area contributed by atoms with Crippen LogP contribution in [-0.4, -0.2) is 18.7 Å². The molecule has 3 aromatic rings. The number of rotatable bonds is 6. The maximum absolute atomic E-state index is 12.8. The number of nitrogens with one attached hydrogen (secondary N) is 1. The Hall–Kier alpha value is -3.26. The van der Waals surface area contributed by atoms with E-state index in [0.29, 0.717) is 10.8 Å². The van der Waals surface area contributed by atoms with Crippen molar-refractivity contribution in [2.24, 2.45) is 5.10 Å². The lowest BCUT2D eigenvalue weighted by Gasteiger charge is -2.07. The lowest BCUT2D eigenvalue weighted by atomic mass is 10.1. The number of ether oxygens (including phenoxy) is 1. The first kappa shape index (κ1) is 20.5. The van der Waals surface area contributed by atoms with Crippen LogP contribution in [0.15, 0.2) is 70.2 Å². The van der Waals surface area contributed by atoms with Gasteiger partial charge in [0.05, 0.1) is 11.8 Å². The molecule has 0 saturated heterocycles. The Morgan fingerprint density at radius 2 is 1.93 bits per heavy atom. The summed E-state index contributed by atoms with van der Waals surface area (Å²) < 4.78 is 49.2. The zero-order chi connectivity index (χ0) is 20.9. The van der Waals surface area contributed by atoms with Crippen LogP contribution in [0.4, 0.5) is 13.2 Å². The van der Waals surface area contributed by atoms with E-state index < -0.39 is 17.6 Å². The van der Waals surface area contributed by atoms with E-state index in [9.17, 15) is 18.0 Å². The number of hydrazone groups is 1. The molecule has 0 atom stereocenters. The van der Waals surface area contributed by atoms with Gasteiger partial charge in [-0.05, 0) is 42.5 Å². The second kappa shape index (κ2) is 8.83. The van der Waals surface area contributed by atoms with E-state index in [4.69, 9.17) is 20.8 Å². The number of benzene rings is 2. The van der Waals surface area contributed by atoms with Gasteiger partial charge in [-0.3, -0.25) is 4.79 Å². The van der Waals surface area contributed by atoms with Crippen molar-refractivity contribution < 1.29 is 27.1 Å². The number of hydrogen-bond acceptors (Lipinski definition) is 4. The predicted molar refractivity (Wildman–Crippen MR) is 102 cm³/mol. The number of nitrogens with zero attached hydrogens (tertiary/aromatic N) is 1. The SMILES string of the molecule is O=C(COc1cccc(Cl)c1)N/N=C/c1ccc(-c2cccc(C(F)(F)F)c2)o1. The molecule has 1 aromatic heterocycles. The van der Waals surface area contributed by atoms with Gasteiger partial charge in [0.2, 0.25) is 0 Å². The van der Waals surface area contributed by atoms with Crippen molar-refractivity contribution in [1.82, 2.24) is 5.43 Å². The molecule has 0 spiro atoms. The number of furan rings is 1. The molecule has 29 heavy (non-hydrogen) atoms. The Morgan fingerprint density at radius 3 is 2.69 bits per heavy atom. The topological polar surface area (TPSA) is 63.8 Å². The molecule has 0 saturated carbocycles. The van der Waals surface area contributed by atoms with Crippen LogP contribution in [-0.2, 0) is 11.0 Å². The molecule has 9 heteroatoms. The van der Waals surface area contributed by atoms with Crippen LogP contribution in [0.1, 0.15) is 11.3 Å². The lowest BCUT2D eigenvalue weighted by Crippen LogP contribution is -2.24. The van der Waals surface area contributed by atoms with Gasteiger partial charge in [0.15, 0.2) is 6.61 Å². The molecule has 0 bridgehead atoms. The summed E-state index contributed by atoms with van der Waals surface area (Å²) in [6, 6.07) is 14.4. The molecule has 1 amide bonds. The molecular weight excluding hydrogens is 409 g/mol. The Balaban J connectivity index is 1.56. The summed E-state index contributed by atoms with van der Waals surface area (Å²) >= 11 is 5.82. The van der Waals surface area contributed by atoms with Crippen LogP contribution >= 0.6 is 11.6 Å². The van der Waals surface area contributed by atoms with Crippen molar-refractivity contribution in [2.45, 2.75) is 6.18 Å². The highest BCUT2D eigenvalue weighted by molar-refractivity contribution is 6.30. The molecule has 150 valence electrons. The van der Waals surface area contributed by atoms with Crippen LogP contribution in [0.5, 0.6) is 5.75 Å². The van der Waals surface area contributed by atoms with Gasteiger partial charge >= 0.3 is 6.18 Å². The molecule has 0 aliphatic heterocycles. The second-order valence-corrected chi connectivity index (χ2v) is 6.26. The maximum Gasteiger partial charge on any atom is 0.416 e. The number of carbonyl (C=O) groups is 1. The summed E-state index contributed by atoms with van der Waals surface area (Å²) in [7, 11) is 0. The predicted octanol–water partition coefficient (Wildman–Crippen LogP) is 5.15. The zero-order valence-corrected chi connectivity index (χ0v) is 15.5. The first-order chi connectivity index (χ1) is 13.8. The number of halogens is 4. The number of hydrogen-bond donors (Lipinski definition) is 1. The van der Waals surface area contributed by atoms with E-state index in [-0.39, 0.29) is 23.7 Å². The molecule has 0 radical (unpaired) electrons. The molecule has 0 aliphatic rings. The van der Waals surface area contributed by atoms with Crippen molar-refractivity contribution in [3.63, 3.8) is 0 Å². The second-order valence-electron chi connectivity index (χ2n) is 5.82. The monoisotopic (exact) mass is 422 g/mol. The highest BCUT2D eigenvalue weighted by atomic mass is 35.5. The van der Waals surface area contributed by atoms with Crippen LogP contribution in [0.2, 0.25) is 5.02 Å². The minimum atomic E-state index is -4.44. The van der Waals surface area contributed by atoms with Crippen LogP contribution in [0.3, 0.4) is 0 Å². The average Bonchev–Trinajstić information content (AvgIpc) is 3.15. The minimum Gasteiger partial charge on any atom is -0.484 e. The molecule has 5 nitrogen and oxygen atoms in total. The number of amides is 1. The summed E-state index contributed by atoms with van der Waals surface area (Å²) in [5.41, 5.74) is 1.76. The van der Waals surface area contributed by atoms with Crippen LogP contribution in [0.25, 0.3) is 11.3 Å². The number of carbonyl (C=O) groups excluding carboxylic acids is 1. The van der Waals surface area contributed by atoms with E-state index in [2.05, 4.69) is 10.5 Å². The first-order valence-electron chi connectivity index (χ1n) is 8.29. The summed E-state index contributed by atoms with van der Waals surface area (Å²) in [5.74, 6) is 0.431. The largest absolute Gasteiger partial charge is 0.484 e. The fourth-order valence-corrected chi connectivity index (χ4v) is 2.51. The normalized spacial score (nSPS) is 11.6. The summed E-state index contributed by atoms with van der Waals surface area (Å²) in [6.07, 6.45) is -3.21. The maximum atomic E-state index is 12.8. The van der Waals surface area contributed by atoms with Gasteiger partial charge in [0, 0.05) is 10.6 Å². The molecule has 0 unspecified atom stereocenters. The van der Waals surface area contributed by atoms with E-state index in [1.165, 1.54) is 30.5 Å². The van der Waals surface area contributed by atoms with Crippen LogP contribution < -0.4 is 10.2 Å². The van der Waals surface area contributed by atoms with Gasteiger partial charge < -0.3 is 9.15 Å². The lowest BCUT2D eigenvalue weighted by molar-refractivity contribution is -0.137. The molecule has 1 N–H and O–H groups in total.